The van der Waals surface area contributed by atoms with E-state index in [1.165, 1.54) is 32.9 Å². The Labute approximate surface area is 258 Å². The molecule has 1 aliphatic heterocycles. The number of aromatic nitrogens is 1. The van der Waals surface area contributed by atoms with Gasteiger partial charge in [0.2, 0.25) is 0 Å². The summed E-state index contributed by atoms with van der Waals surface area (Å²) in [5, 5.41) is 6.10. The number of anilines is 1. The van der Waals surface area contributed by atoms with Crippen molar-refractivity contribution in [1.82, 2.24) is 9.99 Å². The van der Waals surface area contributed by atoms with E-state index in [2.05, 4.69) is 22.9 Å². The maximum Gasteiger partial charge on any atom is 0.554 e. The van der Waals surface area contributed by atoms with Crippen LogP contribution in [-0.4, -0.2) is 51.0 Å². The van der Waals surface area contributed by atoms with E-state index in [1.54, 1.807) is 0 Å². The lowest BCUT2D eigenvalue weighted by Gasteiger charge is -2.40. The minimum atomic E-state index is -4.69. The van der Waals surface area contributed by atoms with Crippen molar-refractivity contribution in [3.8, 4) is 0 Å². The third kappa shape index (κ3) is 6.91. The summed E-state index contributed by atoms with van der Waals surface area (Å²) < 4.78 is 97.4. The van der Waals surface area contributed by atoms with Crippen molar-refractivity contribution in [1.29, 1.82) is 0 Å². The molecule has 0 N–H and O–H groups in total. The van der Waals surface area contributed by atoms with Gasteiger partial charge in [-0.15, -0.1) is 5.01 Å². The molecule has 0 saturated carbocycles. The number of nitrogens with zero attached hydrogens (tertiary/aromatic N) is 5. The Bertz CT molecular complexity index is 1560. The lowest BCUT2D eigenvalue weighted by Crippen LogP contribution is -2.65. The molecule has 0 bridgehead atoms. The van der Waals surface area contributed by atoms with E-state index in [1.807, 2.05) is 0 Å². The minimum Gasteiger partial charge on any atom is -0.418 e. The number of amides is 3. The maximum absolute atomic E-state index is 14.3. The highest BCUT2D eigenvalue weighted by atomic mass is 32.1. The summed E-state index contributed by atoms with van der Waals surface area (Å²) in [5.74, 6) is -1.49. The van der Waals surface area contributed by atoms with Gasteiger partial charge in [0.15, 0.2) is 0 Å². The number of carbonyl (C=O) groups is 2. The summed E-state index contributed by atoms with van der Waals surface area (Å²) in [7, 11) is 0. The Morgan fingerprint density at radius 2 is 1.56 bits per heavy atom. The lowest BCUT2D eigenvalue weighted by atomic mass is 9.94. The Balaban J connectivity index is 1.84. The van der Waals surface area contributed by atoms with Gasteiger partial charge in [-0.1, -0.05) is 16.1 Å². The van der Waals surface area contributed by atoms with Gasteiger partial charge in [-0.3, -0.25) is 4.98 Å². The number of benzene rings is 2. The van der Waals surface area contributed by atoms with Gasteiger partial charge in [-0.25, -0.2) is 14.2 Å². The second-order valence-electron chi connectivity index (χ2n) is 10.2. The van der Waals surface area contributed by atoms with E-state index in [9.17, 15) is 40.3 Å². The molecular formula is C29H27F7N5O3S+. The third-order valence-corrected chi connectivity index (χ3v) is 7.73. The van der Waals surface area contributed by atoms with Crippen LogP contribution in [0.1, 0.15) is 49.1 Å². The molecular weight excluding hydrogens is 631 g/mol. The van der Waals surface area contributed by atoms with Crippen molar-refractivity contribution in [3.63, 3.8) is 0 Å². The van der Waals surface area contributed by atoms with Crippen molar-refractivity contribution in [2.24, 2.45) is 5.10 Å². The van der Waals surface area contributed by atoms with Gasteiger partial charge in [0.25, 0.3) is 0 Å². The molecule has 4 rings (SSSR count). The van der Waals surface area contributed by atoms with Gasteiger partial charge >= 0.3 is 24.5 Å². The summed E-state index contributed by atoms with van der Waals surface area (Å²) in [6.45, 7) is 4.15. The van der Waals surface area contributed by atoms with Crippen LogP contribution in [0.25, 0.3) is 0 Å². The van der Waals surface area contributed by atoms with Crippen LogP contribution in [0.4, 0.5) is 46.0 Å². The molecule has 3 amide bonds. The molecule has 0 radical (unpaired) electrons. The van der Waals surface area contributed by atoms with Gasteiger partial charge < -0.3 is 4.74 Å². The summed E-state index contributed by atoms with van der Waals surface area (Å²) in [6.07, 6.45) is -9.74. The topological polar surface area (TPSA) is 75.1 Å². The van der Waals surface area contributed by atoms with E-state index in [0.717, 1.165) is 58.5 Å². The molecule has 1 aliphatic rings. The fraction of sp³-hybridized carbons (Fsp3) is 0.310. The molecule has 2 heterocycles. The standard InChI is InChI=1S/C29H27F7N5O3S/c1-4-44-27(43)41(45,17(2)3)40(22-12-7-19(8-13-22)28(31,32)33)26(42)39-16-23(24-14-9-20(15-37-24)29(34,35)36)25(38-39)18-5-10-21(30)11-6-18/h5-15,17,23,45H,4,16H2,1-3H3/q+1. The van der Waals surface area contributed by atoms with E-state index in [0.29, 0.717) is 11.8 Å². The van der Waals surface area contributed by atoms with E-state index < -0.39 is 57.4 Å². The van der Waals surface area contributed by atoms with Crippen LogP contribution in [0, 0.1) is 5.82 Å². The van der Waals surface area contributed by atoms with Crippen molar-refractivity contribution in [2.75, 3.05) is 18.2 Å². The second kappa shape index (κ2) is 12.7. The number of alkyl halides is 6. The average molecular weight is 659 g/mol. The van der Waals surface area contributed by atoms with Crippen LogP contribution < -0.4 is 5.01 Å². The molecule has 0 spiro atoms. The van der Waals surface area contributed by atoms with Gasteiger partial charge in [0.1, 0.15) is 17.5 Å². The Hall–Kier alpha value is -4.18. The minimum absolute atomic E-state index is 0.100. The summed E-state index contributed by atoms with van der Waals surface area (Å²) in [4.78, 5) is 31.5. The van der Waals surface area contributed by atoms with Crippen LogP contribution >= 0.6 is 12.8 Å². The molecule has 0 saturated heterocycles. The molecule has 3 aromatic rings. The summed E-state index contributed by atoms with van der Waals surface area (Å²) in [5.41, 5.74) is -1.62. The number of carbonyl (C=O) groups excluding carboxylic acids is 2. The smallest absolute Gasteiger partial charge is 0.418 e. The molecule has 2 unspecified atom stereocenters. The maximum atomic E-state index is 14.3. The first-order valence-electron chi connectivity index (χ1n) is 13.4. The highest BCUT2D eigenvalue weighted by Gasteiger charge is 2.52. The van der Waals surface area contributed by atoms with Crippen molar-refractivity contribution in [3.05, 3.63) is 95.1 Å². The monoisotopic (exact) mass is 658 g/mol. The number of ether oxygens (including phenoxy) is 1. The zero-order valence-corrected chi connectivity index (χ0v) is 24.9. The van der Waals surface area contributed by atoms with Crippen LogP contribution in [0.3, 0.4) is 0 Å². The van der Waals surface area contributed by atoms with Gasteiger partial charge in [-0.05, 0) is 74.9 Å². The fourth-order valence-electron chi connectivity index (χ4n) is 4.57. The van der Waals surface area contributed by atoms with E-state index in [-0.39, 0.29) is 30.2 Å². The van der Waals surface area contributed by atoms with Crippen LogP contribution in [0.15, 0.2) is 72.0 Å². The number of thiol groups is 1. The Morgan fingerprint density at radius 3 is 2.04 bits per heavy atom. The quantitative estimate of drug-likeness (QED) is 0.131. The first kappa shape index (κ1) is 33.7. The number of hydrogen-bond donors (Lipinski definition) is 1. The van der Waals surface area contributed by atoms with E-state index >= 15 is 0 Å². The van der Waals surface area contributed by atoms with Gasteiger partial charge in [0.05, 0.1) is 54.4 Å². The highest BCUT2D eigenvalue weighted by molar-refractivity contribution is 7.74. The SMILES string of the molecule is CCOC(=O)[N+](S)(C(C)C)N(C(=O)N1CC(c2ccc(C(F)(F)F)cn2)C(c2ccc(F)cc2)=N1)c1ccc(C(F)(F)F)cc1. The van der Waals surface area contributed by atoms with Crippen LogP contribution in [0.2, 0.25) is 0 Å². The molecule has 0 fully saturated rings. The van der Waals surface area contributed by atoms with Crippen molar-refractivity contribution >= 4 is 36.3 Å². The predicted octanol–water partition coefficient (Wildman–Crippen LogP) is 7.83. The molecule has 45 heavy (non-hydrogen) atoms. The number of urea groups is 1. The number of hydrazone groups is 1. The third-order valence-electron chi connectivity index (χ3n) is 6.93. The van der Waals surface area contributed by atoms with Crippen LogP contribution in [0.5, 0.6) is 0 Å². The predicted molar refractivity (Wildman–Crippen MR) is 152 cm³/mol. The fourth-order valence-corrected chi connectivity index (χ4v) is 4.81. The van der Waals surface area contributed by atoms with E-state index in [4.69, 9.17) is 4.74 Å². The zero-order chi connectivity index (χ0) is 33.3. The normalized spacial score (nSPS) is 16.8. The van der Waals surface area contributed by atoms with Crippen LogP contribution in [-0.2, 0) is 17.1 Å². The molecule has 16 heteroatoms. The van der Waals surface area contributed by atoms with Gasteiger partial charge in [0, 0.05) is 6.20 Å². The number of rotatable bonds is 5. The average Bonchev–Trinajstić information content (AvgIpc) is 3.42. The first-order chi connectivity index (χ1) is 21.0. The number of quaternary nitrogens is 1. The molecule has 2 aromatic carbocycles. The number of hydrogen-bond acceptors (Lipinski definition) is 6. The molecule has 240 valence electrons. The summed E-state index contributed by atoms with van der Waals surface area (Å²) in [6, 6.07) is 8.50. The Morgan fingerprint density at radius 1 is 0.978 bits per heavy atom. The van der Waals surface area contributed by atoms with Crippen molar-refractivity contribution in [2.45, 2.75) is 45.1 Å². The molecule has 8 nitrogen and oxygen atoms in total. The second-order valence-corrected chi connectivity index (χ2v) is 10.8. The first-order valence-corrected chi connectivity index (χ1v) is 13.8. The lowest BCUT2D eigenvalue weighted by molar-refractivity contribution is -0.743. The van der Waals surface area contributed by atoms with Crippen molar-refractivity contribution < 1.29 is 49.1 Å². The molecule has 2 atom stereocenters. The van der Waals surface area contributed by atoms with Gasteiger partial charge in [-0.2, -0.15) is 36.2 Å². The highest BCUT2D eigenvalue weighted by Crippen LogP contribution is 2.37. The Kier molecular flexibility index (Phi) is 9.49. The zero-order valence-electron chi connectivity index (χ0n) is 24.0. The largest absolute Gasteiger partial charge is 0.554 e. The molecule has 1 aromatic heterocycles. The molecule has 0 aliphatic carbocycles. The number of pyridine rings is 1. The summed E-state index contributed by atoms with van der Waals surface area (Å²) >= 11 is 4.51. The number of halogens is 7.